The average molecular weight is 231 g/mol. The molecule has 1 saturated heterocycles. The Balaban J connectivity index is 1.91. The van der Waals surface area contributed by atoms with Gasteiger partial charge in [-0.2, -0.15) is 0 Å². The number of benzene rings is 1. The van der Waals surface area contributed by atoms with Crippen LogP contribution in [0, 0.1) is 5.92 Å². The Morgan fingerprint density at radius 1 is 1.24 bits per heavy atom. The van der Waals surface area contributed by atoms with Crippen LogP contribution in [-0.4, -0.2) is 24.2 Å². The average Bonchev–Trinajstić information content (AvgIpc) is 2.96. The quantitative estimate of drug-likeness (QED) is 0.812. The van der Waals surface area contributed by atoms with Crippen LogP contribution in [0.1, 0.15) is 29.0 Å². The van der Waals surface area contributed by atoms with Crippen LogP contribution in [0.3, 0.4) is 0 Å². The first-order valence-electron chi connectivity index (χ1n) is 6.31. The Morgan fingerprint density at radius 2 is 2.06 bits per heavy atom. The number of aliphatic carboxylic acids is 1. The number of hydrogen-bond donors (Lipinski definition) is 2. The van der Waals surface area contributed by atoms with Crippen molar-refractivity contribution >= 4 is 5.97 Å². The lowest BCUT2D eigenvalue weighted by Gasteiger charge is -2.16. The van der Waals surface area contributed by atoms with Crippen LogP contribution in [0.15, 0.2) is 18.2 Å². The number of carboxylic acids is 1. The fourth-order valence-electron chi connectivity index (χ4n) is 3.11. The van der Waals surface area contributed by atoms with E-state index in [2.05, 4.69) is 23.5 Å². The van der Waals surface area contributed by atoms with E-state index < -0.39 is 5.97 Å². The molecule has 17 heavy (non-hydrogen) atoms. The zero-order valence-corrected chi connectivity index (χ0v) is 9.78. The van der Waals surface area contributed by atoms with Crippen LogP contribution >= 0.6 is 0 Å². The molecular weight excluding hydrogens is 214 g/mol. The minimum absolute atomic E-state index is 0.137. The van der Waals surface area contributed by atoms with Crippen LogP contribution in [0.4, 0.5) is 0 Å². The molecule has 1 fully saturated rings. The van der Waals surface area contributed by atoms with Crippen molar-refractivity contribution < 1.29 is 9.90 Å². The summed E-state index contributed by atoms with van der Waals surface area (Å²) >= 11 is 0. The molecule has 1 heterocycles. The van der Waals surface area contributed by atoms with Crippen molar-refractivity contribution in [1.82, 2.24) is 5.32 Å². The summed E-state index contributed by atoms with van der Waals surface area (Å²) in [5, 5.41) is 12.4. The van der Waals surface area contributed by atoms with E-state index in [1.54, 1.807) is 0 Å². The molecule has 2 atom stereocenters. The monoisotopic (exact) mass is 231 g/mol. The predicted octanol–water partition coefficient (Wildman–Crippen LogP) is 1.56. The Morgan fingerprint density at radius 3 is 2.88 bits per heavy atom. The fraction of sp³-hybridized carbons (Fsp3) is 0.500. The Hall–Kier alpha value is -1.35. The van der Waals surface area contributed by atoms with Crippen LogP contribution in [0.2, 0.25) is 0 Å². The highest BCUT2D eigenvalue weighted by molar-refractivity contribution is 5.72. The molecule has 3 nitrogen and oxygen atoms in total. The van der Waals surface area contributed by atoms with Gasteiger partial charge in [-0.1, -0.05) is 18.2 Å². The molecule has 2 aliphatic rings. The van der Waals surface area contributed by atoms with Gasteiger partial charge in [0.05, 0.1) is 5.92 Å². The molecule has 2 N–H and O–H groups in total. The molecule has 1 aliphatic heterocycles. The molecule has 0 saturated carbocycles. The summed E-state index contributed by atoms with van der Waals surface area (Å²) in [6.45, 7) is 1.38. The lowest BCUT2D eigenvalue weighted by atomic mass is 9.87. The van der Waals surface area contributed by atoms with Gasteiger partial charge in [-0.3, -0.25) is 4.79 Å². The molecule has 0 amide bonds. The molecule has 0 radical (unpaired) electrons. The van der Waals surface area contributed by atoms with Crippen LogP contribution in [-0.2, 0) is 17.6 Å². The normalized spacial score (nSPS) is 27.1. The van der Waals surface area contributed by atoms with Crippen molar-refractivity contribution in [2.45, 2.75) is 25.2 Å². The number of nitrogens with one attached hydrogen (secondary N) is 1. The lowest BCUT2D eigenvalue weighted by Crippen LogP contribution is -2.21. The van der Waals surface area contributed by atoms with Gasteiger partial charge < -0.3 is 10.4 Å². The van der Waals surface area contributed by atoms with Gasteiger partial charge in [0.2, 0.25) is 0 Å². The Labute approximate surface area is 101 Å². The summed E-state index contributed by atoms with van der Waals surface area (Å²) in [7, 11) is 0. The van der Waals surface area contributed by atoms with Crippen molar-refractivity contribution in [3.05, 3.63) is 34.9 Å². The predicted molar refractivity (Wildman–Crippen MR) is 65.2 cm³/mol. The maximum Gasteiger partial charge on any atom is 0.308 e. The third kappa shape index (κ3) is 1.84. The van der Waals surface area contributed by atoms with E-state index in [4.69, 9.17) is 0 Å². The molecule has 3 heteroatoms. The van der Waals surface area contributed by atoms with Gasteiger partial charge in [0.1, 0.15) is 0 Å². The molecule has 1 aliphatic carbocycles. The molecule has 0 bridgehead atoms. The first-order valence-corrected chi connectivity index (χ1v) is 6.31. The second kappa shape index (κ2) is 4.15. The molecule has 0 aromatic heterocycles. The van der Waals surface area contributed by atoms with E-state index in [1.807, 2.05) is 0 Å². The summed E-state index contributed by atoms with van der Waals surface area (Å²) < 4.78 is 0. The Kier molecular flexibility index (Phi) is 2.63. The first-order chi connectivity index (χ1) is 8.25. The molecule has 0 spiro atoms. The number of rotatable bonds is 2. The van der Waals surface area contributed by atoms with E-state index in [1.165, 1.54) is 29.5 Å². The SMILES string of the molecule is O=C(O)C1CNCC1c1ccc2c(c1)CCC2. The lowest BCUT2D eigenvalue weighted by molar-refractivity contribution is -0.141. The number of carboxylic acid groups (broad SMARTS) is 1. The minimum Gasteiger partial charge on any atom is -0.481 e. The highest BCUT2D eigenvalue weighted by Crippen LogP contribution is 2.32. The van der Waals surface area contributed by atoms with Crippen molar-refractivity contribution in [2.24, 2.45) is 5.92 Å². The van der Waals surface area contributed by atoms with Gasteiger partial charge in [0.25, 0.3) is 0 Å². The van der Waals surface area contributed by atoms with Gasteiger partial charge in [0, 0.05) is 19.0 Å². The summed E-state index contributed by atoms with van der Waals surface area (Å²) in [5.41, 5.74) is 4.08. The van der Waals surface area contributed by atoms with Crippen molar-refractivity contribution in [3.8, 4) is 0 Å². The van der Waals surface area contributed by atoms with Crippen LogP contribution in [0.5, 0.6) is 0 Å². The van der Waals surface area contributed by atoms with Gasteiger partial charge in [-0.25, -0.2) is 0 Å². The highest BCUT2D eigenvalue weighted by atomic mass is 16.4. The Bertz CT molecular complexity index is 456. The summed E-state index contributed by atoms with van der Waals surface area (Å²) in [5.74, 6) is -0.812. The topological polar surface area (TPSA) is 49.3 Å². The number of fused-ring (bicyclic) bond motifs is 1. The highest BCUT2D eigenvalue weighted by Gasteiger charge is 2.34. The molecule has 1 aromatic carbocycles. The fourth-order valence-corrected chi connectivity index (χ4v) is 3.11. The van der Waals surface area contributed by atoms with Gasteiger partial charge in [-0.15, -0.1) is 0 Å². The zero-order valence-electron chi connectivity index (χ0n) is 9.78. The minimum atomic E-state index is -0.680. The maximum atomic E-state index is 11.2. The third-order valence-corrected chi connectivity index (χ3v) is 4.08. The third-order valence-electron chi connectivity index (χ3n) is 4.08. The van der Waals surface area contributed by atoms with E-state index in [9.17, 15) is 9.90 Å². The molecular formula is C14H17NO2. The maximum absolute atomic E-state index is 11.2. The standard InChI is InChI=1S/C14H17NO2/c16-14(17)13-8-15-7-12(13)11-5-4-9-2-1-3-10(9)6-11/h4-6,12-13,15H,1-3,7-8H2,(H,16,17). The smallest absolute Gasteiger partial charge is 0.308 e. The van der Waals surface area contributed by atoms with Gasteiger partial charge >= 0.3 is 5.97 Å². The van der Waals surface area contributed by atoms with Crippen molar-refractivity contribution in [3.63, 3.8) is 0 Å². The van der Waals surface area contributed by atoms with Crippen molar-refractivity contribution in [2.75, 3.05) is 13.1 Å². The summed E-state index contributed by atoms with van der Waals surface area (Å²) in [6, 6.07) is 6.54. The molecule has 90 valence electrons. The number of aryl methyl sites for hydroxylation is 2. The van der Waals surface area contributed by atoms with E-state index in [-0.39, 0.29) is 11.8 Å². The second-order valence-corrected chi connectivity index (χ2v) is 5.09. The molecule has 3 rings (SSSR count). The summed E-state index contributed by atoms with van der Waals surface area (Å²) in [4.78, 5) is 11.2. The van der Waals surface area contributed by atoms with Crippen LogP contribution in [0.25, 0.3) is 0 Å². The number of hydrogen-bond acceptors (Lipinski definition) is 2. The van der Waals surface area contributed by atoms with E-state index >= 15 is 0 Å². The number of carbonyl (C=O) groups is 1. The molecule has 1 aromatic rings. The summed E-state index contributed by atoms with van der Waals surface area (Å²) in [6.07, 6.45) is 3.58. The zero-order chi connectivity index (χ0) is 11.8. The van der Waals surface area contributed by atoms with E-state index in [0.29, 0.717) is 6.54 Å². The van der Waals surface area contributed by atoms with Gasteiger partial charge in [-0.05, 0) is 36.0 Å². The second-order valence-electron chi connectivity index (χ2n) is 5.09. The van der Waals surface area contributed by atoms with Gasteiger partial charge in [0.15, 0.2) is 0 Å². The molecule has 2 unspecified atom stereocenters. The van der Waals surface area contributed by atoms with Crippen LogP contribution < -0.4 is 5.32 Å². The largest absolute Gasteiger partial charge is 0.481 e. The van der Waals surface area contributed by atoms with Crippen molar-refractivity contribution in [1.29, 1.82) is 0 Å². The van der Waals surface area contributed by atoms with E-state index in [0.717, 1.165) is 13.0 Å². The first kappa shape index (κ1) is 10.8.